The Labute approximate surface area is 144 Å². The molecule has 0 atom stereocenters. The largest absolute Gasteiger partial charge is 0.496 e. The van der Waals surface area contributed by atoms with E-state index in [0.29, 0.717) is 35.2 Å². The SMILES string of the molecule is COc1ccc(Cl)cc1C1(F)CCN(C2CCCCCC2)CC1. The number of ether oxygens (including phenoxy) is 1. The van der Waals surface area contributed by atoms with Crippen LogP contribution in [0, 0.1) is 0 Å². The average molecular weight is 340 g/mol. The summed E-state index contributed by atoms with van der Waals surface area (Å²) in [5, 5.41) is 0.573. The molecule has 1 saturated carbocycles. The second-order valence-electron chi connectivity index (χ2n) is 6.99. The van der Waals surface area contributed by atoms with Gasteiger partial charge in [-0.1, -0.05) is 37.3 Å². The number of alkyl halides is 1. The molecule has 1 aromatic carbocycles. The van der Waals surface area contributed by atoms with Crippen LogP contribution in [0.1, 0.15) is 56.9 Å². The highest BCUT2D eigenvalue weighted by Gasteiger charge is 2.40. The van der Waals surface area contributed by atoms with E-state index in [-0.39, 0.29) is 0 Å². The molecule has 1 aliphatic carbocycles. The summed E-state index contributed by atoms with van der Waals surface area (Å²) in [6.45, 7) is 1.66. The van der Waals surface area contributed by atoms with Crippen molar-refractivity contribution < 1.29 is 9.13 Å². The zero-order valence-corrected chi connectivity index (χ0v) is 14.7. The third kappa shape index (κ3) is 3.83. The van der Waals surface area contributed by atoms with Crippen LogP contribution in [0.2, 0.25) is 5.02 Å². The van der Waals surface area contributed by atoms with Gasteiger partial charge in [0.2, 0.25) is 0 Å². The maximum Gasteiger partial charge on any atom is 0.142 e. The molecule has 0 N–H and O–H groups in total. The highest BCUT2D eigenvalue weighted by Crippen LogP contribution is 2.43. The van der Waals surface area contributed by atoms with Crippen LogP contribution >= 0.6 is 11.6 Å². The average Bonchev–Trinajstić information content (AvgIpc) is 2.85. The molecule has 1 saturated heterocycles. The Kier molecular flexibility index (Phi) is 5.48. The molecule has 0 spiro atoms. The van der Waals surface area contributed by atoms with Crippen molar-refractivity contribution in [2.75, 3.05) is 20.2 Å². The molecule has 4 heteroatoms. The van der Waals surface area contributed by atoms with Crippen LogP contribution < -0.4 is 4.74 Å². The summed E-state index contributed by atoms with van der Waals surface area (Å²) in [6, 6.07) is 5.93. The van der Waals surface area contributed by atoms with Gasteiger partial charge in [0.25, 0.3) is 0 Å². The van der Waals surface area contributed by atoms with Crippen LogP contribution in [0.3, 0.4) is 0 Å². The first-order chi connectivity index (χ1) is 11.1. The van der Waals surface area contributed by atoms with Gasteiger partial charge in [-0.25, -0.2) is 4.39 Å². The summed E-state index contributed by atoms with van der Waals surface area (Å²) in [7, 11) is 1.59. The number of benzene rings is 1. The molecule has 1 heterocycles. The van der Waals surface area contributed by atoms with Gasteiger partial charge in [0.05, 0.1) is 7.11 Å². The van der Waals surface area contributed by atoms with Crippen molar-refractivity contribution >= 4 is 11.6 Å². The third-order valence-electron chi connectivity index (χ3n) is 5.58. The predicted molar refractivity (Wildman–Crippen MR) is 93.1 cm³/mol. The Hall–Kier alpha value is -0.800. The molecular weight excluding hydrogens is 313 g/mol. The molecule has 1 aromatic rings. The minimum Gasteiger partial charge on any atom is -0.496 e. The van der Waals surface area contributed by atoms with E-state index < -0.39 is 5.67 Å². The zero-order valence-electron chi connectivity index (χ0n) is 14.0. The summed E-state index contributed by atoms with van der Waals surface area (Å²) in [5.74, 6) is 0.611. The van der Waals surface area contributed by atoms with E-state index in [1.54, 1.807) is 25.3 Å². The number of nitrogens with zero attached hydrogens (tertiary/aromatic N) is 1. The third-order valence-corrected chi connectivity index (χ3v) is 5.81. The van der Waals surface area contributed by atoms with E-state index in [9.17, 15) is 0 Å². The lowest BCUT2D eigenvalue weighted by Crippen LogP contribution is -2.45. The summed E-state index contributed by atoms with van der Waals surface area (Å²) in [4.78, 5) is 2.51. The summed E-state index contributed by atoms with van der Waals surface area (Å²) in [5.41, 5.74) is -0.703. The molecule has 0 bridgehead atoms. The molecule has 2 aliphatic rings. The fourth-order valence-electron chi connectivity index (χ4n) is 4.17. The van der Waals surface area contributed by atoms with Gasteiger partial charge >= 0.3 is 0 Å². The Morgan fingerprint density at radius 1 is 1.13 bits per heavy atom. The lowest BCUT2D eigenvalue weighted by Gasteiger charge is -2.41. The Morgan fingerprint density at radius 3 is 2.39 bits per heavy atom. The van der Waals surface area contributed by atoms with Gasteiger partial charge in [0.15, 0.2) is 0 Å². The monoisotopic (exact) mass is 339 g/mol. The van der Waals surface area contributed by atoms with Crippen molar-refractivity contribution in [1.29, 1.82) is 0 Å². The first-order valence-electron chi connectivity index (χ1n) is 8.89. The number of piperidine rings is 1. The molecule has 128 valence electrons. The van der Waals surface area contributed by atoms with Gasteiger partial charge in [-0.05, 0) is 43.9 Å². The fraction of sp³-hybridized carbons (Fsp3) is 0.684. The maximum atomic E-state index is 15.6. The molecule has 0 aromatic heterocycles. The van der Waals surface area contributed by atoms with Crippen LogP contribution in [0.4, 0.5) is 4.39 Å². The Bertz CT molecular complexity index is 520. The molecule has 0 amide bonds. The molecular formula is C19H27ClFNO. The molecule has 23 heavy (non-hydrogen) atoms. The van der Waals surface area contributed by atoms with E-state index >= 15 is 4.39 Å². The van der Waals surface area contributed by atoms with Crippen molar-refractivity contribution in [1.82, 2.24) is 4.90 Å². The number of hydrogen-bond acceptors (Lipinski definition) is 2. The minimum absolute atomic E-state index is 0.528. The van der Waals surface area contributed by atoms with Crippen molar-refractivity contribution in [2.45, 2.75) is 63.1 Å². The molecule has 3 rings (SSSR count). The van der Waals surface area contributed by atoms with E-state index in [2.05, 4.69) is 4.90 Å². The highest BCUT2D eigenvalue weighted by atomic mass is 35.5. The fourth-order valence-corrected chi connectivity index (χ4v) is 4.34. The van der Waals surface area contributed by atoms with Gasteiger partial charge in [-0.2, -0.15) is 0 Å². The van der Waals surface area contributed by atoms with Crippen LogP contribution in [-0.4, -0.2) is 31.1 Å². The molecule has 0 unspecified atom stereocenters. The quantitative estimate of drug-likeness (QED) is 0.690. The van der Waals surface area contributed by atoms with Crippen molar-refractivity contribution in [3.8, 4) is 5.75 Å². The number of rotatable bonds is 3. The second-order valence-corrected chi connectivity index (χ2v) is 7.43. The van der Waals surface area contributed by atoms with E-state index in [0.717, 1.165) is 13.1 Å². The highest BCUT2D eigenvalue weighted by molar-refractivity contribution is 6.30. The van der Waals surface area contributed by atoms with E-state index in [4.69, 9.17) is 16.3 Å². The zero-order chi connectivity index (χ0) is 16.3. The second kappa shape index (κ2) is 7.40. The van der Waals surface area contributed by atoms with Crippen LogP contribution in [0.15, 0.2) is 18.2 Å². The number of methoxy groups -OCH3 is 1. The van der Waals surface area contributed by atoms with Crippen LogP contribution in [-0.2, 0) is 5.67 Å². The van der Waals surface area contributed by atoms with Crippen LogP contribution in [0.25, 0.3) is 0 Å². The van der Waals surface area contributed by atoms with Gasteiger partial charge in [0, 0.05) is 29.7 Å². The van der Waals surface area contributed by atoms with Crippen molar-refractivity contribution in [2.24, 2.45) is 0 Å². The summed E-state index contributed by atoms with van der Waals surface area (Å²) in [6.07, 6.45) is 8.97. The molecule has 2 fully saturated rings. The van der Waals surface area contributed by atoms with Gasteiger partial charge in [0.1, 0.15) is 11.4 Å². The number of hydrogen-bond donors (Lipinski definition) is 0. The summed E-state index contributed by atoms with van der Waals surface area (Å²) < 4.78 is 21.0. The van der Waals surface area contributed by atoms with Gasteiger partial charge in [-0.15, -0.1) is 0 Å². The van der Waals surface area contributed by atoms with Crippen molar-refractivity contribution in [3.05, 3.63) is 28.8 Å². The topological polar surface area (TPSA) is 12.5 Å². The maximum absolute atomic E-state index is 15.6. The van der Waals surface area contributed by atoms with Gasteiger partial charge < -0.3 is 9.64 Å². The number of halogens is 2. The predicted octanol–water partition coefficient (Wildman–Crippen LogP) is 5.33. The first-order valence-corrected chi connectivity index (χ1v) is 9.27. The standard InChI is InChI=1S/C19H27ClFNO/c1-23-18-9-8-15(20)14-17(18)19(21)10-12-22(13-11-19)16-6-4-2-3-5-7-16/h8-9,14,16H,2-7,10-13H2,1H3. The smallest absolute Gasteiger partial charge is 0.142 e. The first kappa shape index (κ1) is 17.0. The molecule has 2 nitrogen and oxygen atoms in total. The normalized spacial score (nSPS) is 23.4. The van der Waals surface area contributed by atoms with Crippen LogP contribution in [0.5, 0.6) is 5.75 Å². The minimum atomic E-state index is -1.32. The van der Waals surface area contributed by atoms with Crippen molar-refractivity contribution in [3.63, 3.8) is 0 Å². The lowest BCUT2D eigenvalue weighted by molar-refractivity contribution is 0.0306. The Morgan fingerprint density at radius 2 is 1.78 bits per heavy atom. The number of likely N-dealkylation sites (tertiary alicyclic amines) is 1. The molecule has 0 radical (unpaired) electrons. The molecule has 1 aliphatic heterocycles. The summed E-state index contributed by atoms with van der Waals surface area (Å²) >= 11 is 6.09. The van der Waals surface area contributed by atoms with E-state index in [1.165, 1.54) is 38.5 Å². The van der Waals surface area contributed by atoms with E-state index in [1.807, 2.05) is 0 Å². The lowest BCUT2D eigenvalue weighted by atomic mass is 9.84. The Balaban J connectivity index is 1.70. The van der Waals surface area contributed by atoms with Gasteiger partial charge in [-0.3, -0.25) is 0 Å².